The van der Waals surface area contributed by atoms with E-state index in [-0.39, 0.29) is 13.1 Å². The third-order valence-electron chi connectivity index (χ3n) is 4.95. The van der Waals surface area contributed by atoms with Gasteiger partial charge in [0.25, 0.3) is 0 Å². The summed E-state index contributed by atoms with van der Waals surface area (Å²) in [6.07, 6.45) is 1.01. The summed E-state index contributed by atoms with van der Waals surface area (Å²) >= 11 is 0. The molecule has 1 aromatic carbocycles. The van der Waals surface area contributed by atoms with Gasteiger partial charge in [0.15, 0.2) is 0 Å². The van der Waals surface area contributed by atoms with E-state index >= 15 is 0 Å². The second-order valence-electron chi connectivity index (χ2n) is 6.61. The SMILES string of the molecule is CC(C#N)=C1CCN(c2ccc(N3CC(CNC=O)OC3=O)cc2F)CC1. The Hall–Kier alpha value is -3.08. The number of amides is 2. The summed E-state index contributed by atoms with van der Waals surface area (Å²) in [7, 11) is 0. The van der Waals surface area contributed by atoms with Crippen LogP contribution in [-0.2, 0) is 9.53 Å². The van der Waals surface area contributed by atoms with E-state index in [1.165, 1.54) is 11.0 Å². The molecule has 8 heteroatoms. The molecule has 0 bridgehead atoms. The molecule has 2 aliphatic rings. The van der Waals surface area contributed by atoms with E-state index in [0.717, 1.165) is 24.0 Å². The largest absolute Gasteiger partial charge is 0.442 e. The van der Waals surface area contributed by atoms with E-state index in [2.05, 4.69) is 11.4 Å². The lowest BCUT2D eigenvalue weighted by molar-refractivity contribution is -0.109. The number of piperidine rings is 1. The van der Waals surface area contributed by atoms with Crippen molar-refractivity contribution in [2.24, 2.45) is 0 Å². The zero-order valence-electron chi connectivity index (χ0n) is 15.1. The van der Waals surface area contributed by atoms with Gasteiger partial charge in [0.1, 0.15) is 11.9 Å². The van der Waals surface area contributed by atoms with Gasteiger partial charge in [-0.25, -0.2) is 9.18 Å². The van der Waals surface area contributed by atoms with E-state index < -0.39 is 18.0 Å². The Kier molecular flexibility index (Phi) is 5.60. The Bertz CT molecular complexity index is 808. The number of rotatable bonds is 5. The normalized spacial score (nSPS) is 19.5. The molecular formula is C19H21FN4O3. The Morgan fingerprint density at radius 3 is 2.81 bits per heavy atom. The summed E-state index contributed by atoms with van der Waals surface area (Å²) < 4.78 is 19.9. The number of hydrogen-bond donors (Lipinski definition) is 1. The minimum Gasteiger partial charge on any atom is -0.442 e. The number of ether oxygens (including phenoxy) is 1. The first-order chi connectivity index (χ1) is 13.0. The van der Waals surface area contributed by atoms with Crippen LogP contribution in [-0.4, -0.2) is 44.8 Å². The average molecular weight is 372 g/mol. The predicted molar refractivity (Wildman–Crippen MR) is 97.8 cm³/mol. The third kappa shape index (κ3) is 4.03. The summed E-state index contributed by atoms with van der Waals surface area (Å²) in [6, 6.07) is 6.87. The second kappa shape index (κ2) is 8.08. The van der Waals surface area contributed by atoms with Gasteiger partial charge in [-0.3, -0.25) is 9.69 Å². The van der Waals surface area contributed by atoms with E-state index in [4.69, 9.17) is 10.00 Å². The van der Waals surface area contributed by atoms with Crippen molar-refractivity contribution in [2.45, 2.75) is 25.9 Å². The maximum Gasteiger partial charge on any atom is 0.414 e. The van der Waals surface area contributed by atoms with Gasteiger partial charge in [-0.05, 0) is 38.0 Å². The van der Waals surface area contributed by atoms with Crippen molar-refractivity contribution in [3.8, 4) is 6.07 Å². The summed E-state index contributed by atoms with van der Waals surface area (Å²) in [4.78, 5) is 25.7. The van der Waals surface area contributed by atoms with E-state index in [0.29, 0.717) is 30.9 Å². The topological polar surface area (TPSA) is 85.7 Å². The quantitative estimate of drug-likeness (QED) is 0.633. The molecule has 0 radical (unpaired) electrons. The molecule has 2 saturated heterocycles. The molecule has 1 N–H and O–H groups in total. The van der Waals surface area contributed by atoms with Crippen molar-refractivity contribution in [2.75, 3.05) is 36.0 Å². The summed E-state index contributed by atoms with van der Waals surface area (Å²) in [6.45, 7) is 3.58. The van der Waals surface area contributed by atoms with Crippen LogP contribution in [0.4, 0.5) is 20.6 Å². The minimum absolute atomic E-state index is 0.220. The highest BCUT2D eigenvalue weighted by Gasteiger charge is 2.32. The number of anilines is 2. The number of hydrogen-bond acceptors (Lipinski definition) is 5. The lowest BCUT2D eigenvalue weighted by Crippen LogP contribution is -2.32. The molecule has 1 unspecified atom stereocenters. The van der Waals surface area contributed by atoms with Gasteiger partial charge in [0.2, 0.25) is 6.41 Å². The van der Waals surface area contributed by atoms with E-state index in [1.54, 1.807) is 12.1 Å². The zero-order chi connectivity index (χ0) is 19.4. The number of carbonyl (C=O) groups is 2. The second-order valence-corrected chi connectivity index (χ2v) is 6.61. The van der Waals surface area contributed by atoms with Gasteiger partial charge in [0, 0.05) is 18.7 Å². The maximum atomic E-state index is 14.7. The lowest BCUT2D eigenvalue weighted by Gasteiger charge is -2.31. The Morgan fingerprint density at radius 2 is 2.19 bits per heavy atom. The molecule has 142 valence electrons. The third-order valence-corrected chi connectivity index (χ3v) is 4.95. The lowest BCUT2D eigenvalue weighted by atomic mass is 9.99. The number of nitrogens with one attached hydrogen (secondary N) is 1. The highest BCUT2D eigenvalue weighted by molar-refractivity contribution is 5.90. The number of allylic oxidation sites excluding steroid dienone is 1. The average Bonchev–Trinajstić information content (AvgIpc) is 3.06. The predicted octanol–water partition coefficient (Wildman–Crippen LogP) is 2.34. The fourth-order valence-corrected chi connectivity index (χ4v) is 3.41. The van der Waals surface area contributed by atoms with Crippen LogP contribution in [0.2, 0.25) is 0 Å². The molecule has 2 amide bonds. The van der Waals surface area contributed by atoms with E-state index in [1.807, 2.05) is 11.8 Å². The molecule has 0 aliphatic carbocycles. The number of nitrogens with zero attached hydrogens (tertiary/aromatic N) is 3. The van der Waals surface area contributed by atoms with Crippen LogP contribution in [0.15, 0.2) is 29.3 Å². The molecule has 0 aromatic heterocycles. The van der Waals surface area contributed by atoms with Crippen LogP contribution >= 0.6 is 0 Å². The van der Waals surface area contributed by atoms with Gasteiger partial charge in [-0.2, -0.15) is 5.26 Å². The molecular weight excluding hydrogens is 351 g/mol. The Labute approximate surface area is 157 Å². The monoisotopic (exact) mass is 372 g/mol. The highest BCUT2D eigenvalue weighted by atomic mass is 19.1. The standard InChI is InChI=1S/C19H21FN4O3/c1-13(9-21)14-4-6-23(7-5-14)18-3-2-15(8-17(18)20)24-11-16(10-22-12-25)27-19(24)26/h2-3,8,12,16H,4-7,10-11H2,1H3,(H,22,25). The number of nitriles is 1. The molecule has 2 heterocycles. The number of benzene rings is 1. The van der Waals surface area contributed by atoms with Crippen LogP contribution < -0.4 is 15.1 Å². The summed E-state index contributed by atoms with van der Waals surface area (Å²) in [5.41, 5.74) is 2.78. The van der Waals surface area contributed by atoms with Crippen LogP contribution in [0.1, 0.15) is 19.8 Å². The fourth-order valence-electron chi connectivity index (χ4n) is 3.41. The molecule has 2 aliphatic heterocycles. The van der Waals surface area contributed by atoms with Gasteiger partial charge < -0.3 is 15.0 Å². The number of cyclic esters (lactones) is 1. The molecule has 2 fully saturated rings. The first-order valence-corrected chi connectivity index (χ1v) is 8.82. The number of halogens is 1. The molecule has 7 nitrogen and oxygen atoms in total. The van der Waals surface area contributed by atoms with Gasteiger partial charge in [0.05, 0.1) is 30.5 Å². The van der Waals surface area contributed by atoms with Crippen molar-refractivity contribution in [3.63, 3.8) is 0 Å². The molecule has 27 heavy (non-hydrogen) atoms. The fraction of sp³-hybridized carbons (Fsp3) is 0.421. The van der Waals surface area contributed by atoms with Crippen molar-refractivity contribution < 1.29 is 18.7 Å². The molecule has 3 rings (SSSR count). The van der Waals surface area contributed by atoms with Crippen LogP contribution in [0.25, 0.3) is 0 Å². The van der Waals surface area contributed by atoms with Crippen molar-refractivity contribution in [3.05, 3.63) is 35.2 Å². The highest BCUT2D eigenvalue weighted by Crippen LogP contribution is 2.30. The van der Waals surface area contributed by atoms with Crippen LogP contribution in [0.3, 0.4) is 0 Å². The summed E-state index contributed by atoms with van der Waals surface area (Å²) in [5, 5.41) is 11.5. The smallest absolute Gasteiger partial charge is 0.414 e. The van der Waals surface area contributed by atoms with Crippen molar-refractivity contribution >= 4 is 23.9 Å². The Morgan fingerprint density at radius 1 is 1.44 bits per heavy atom. The van der Waals surface area contributed by atoms with Gasteiger partial charge in [-0.15, -0.1) is 0 Å². The minimum atomic E-state index is -0.556. The summed E-state index contributed by atoms with van der Waals surface area (Å²) in [5.74, 6) is -0.404. The molecule has 1 atom stereocenters. The van der Waals surface area contributed by atoms with E-state index in [9.17, 15) is 14.0 Å². The molecule has 1 aromatic rings. The maximum absolute atomic E-state index is 14.7. The Balaban J connectivity index is 1.69. The first-order valence-electron chi connectivity index (χ1n) is 8.82. The van der Waals surface area contributed by atoms with Crippen LogP contribution in [0, 0.1) is 17.1 Å². The van der Waals surface area contributed by atoms with Crippen molar-refractivity contribution in [1.29, 1.82) is 5.26 Å². The molecule has 0 spiro atoms. The molecule has 0 saturated carbocycles. The van der Waals surface area contributed by atoms with Gasteiger partial charge in [-0.1, -0.05) is 5.57 Å². The van der Waals surface area contributed by atoms with Crippen molar-refractivity contribution in [1.82, 2.24) is 5.32 Å². The zero-order valence-corrected chi connectivity index (χ0v) is 15.1. The first kappa shape index (κ1) is 18.7. The van der Waals surface area contributed by atoms with Crippen LogP contribution in [0.5, 0.6) is 0 Å². The van der Waals surface area contributed by atoms with Gasteiger partial charge >= 0.3 is 6.09 Å². The number of carbonyl (C=O) groups excluding carboxylic acids is 2.